The van der Waals surface area contributed by atoms with Gasteiger partial charge in [-0.3, -0.25) is 0 Å². The van der Waals surface area contributed by atoms with Gasteiger partial charge in [0, 0.05) is 18.0 Å². The lowest BCUT2D eigenvalue weighted by molar-refractivity contribution is 0.0774. The second-order valence-corrected chi connectivity index (χ2v) is 5.68. The van der Waals surface area contributed by atoms with Crippen molar-refractivity contribution in [2.45, 2.75) is 38.0 Å². The van der Waals surface area contributed by atoms with Gasteiger partial charge in [-0.1, -0.05) is 24.3 Å². The van der Waals surface area contributed by atoms with Crippen molar-refractivity contribution in [2.24, 2.45) is 0 Å². The van der Waals surface area contributed by atoms with Gasteiger partial charge in [0.25, 0.3) is 0 Å². The molecule has 1 aliphatic heterocycles. The Morgan fingerprint density at radius 2 is 2.00 bits per heavy atom. The number of rotatable bonds is 2. The normalized spacial score (nSPS) is 25.0. The van der Waals surface area contributed by atoms with Gasteiger partial charge in [-0.2, -0.15) is 0 Å². The van der Waals surface area contributed by atoms with Gasteiger partial charge in [-0.25, -0.2) is 0 Å². The Balaban J connectivity index is 1.60. The second kappa shape index (κ2) is 5.08. The van der Waals surface area contributed by atoms with Gasteiger partial charge in [-0.05, 0) is 30.0 Å². The monoisotopic (exact) mass is 269 g/mol. The van der Waals surface area contributed by atoms with E-state index >= 15 is 0 Å². The molecule has 1 aliphatic carbocycles. The lowest BCUT2D eigenvalue weighted by Gasteiger charge is -2.32. The topological polar surface area (TPSA) is 34.4 Å². The predicted octanol–water partition coefficient (Wildman–Crippen LogP) is 3.52. The molecule has 2 aromatic rings. The summed E-state index contributed by atoms with van der Waals surface area (Å²) in [7, 11) is 0. The third-order valence-electron chi connectivity index (χ3n) is 4.43. The van der Waals surface area contributed by atoms with Crippen LogP contribution >= 0.6 is 0 Å². The highest BCUT2D eigenvalue weighted by Crippen LogP contribution is 2.34. The number of hydrogen-bond acceptors (Lipinski definition) is 3. The summed E-state index contributed by atoms with van der Waals surface area (Å²) < 4.78 is 11.3. The molecule has 3 heteroatoms. The van der Waals surface area contributed by atoms with E-state index in [9.17, 15) is 0 Å². The number of ether oxygens (including phenoxy) is 1. The number of furan rings is 1. The van der Waals surface area contributed by atoms with E-state index < -0.39 is 0 Å². The molecule has 0 saturated heterocycles. The molecule has 2 unspecified atom stereocenters. The predicted molar refractivity (Wildman–Crippen MR) is 76.4 cm³/mol. The first kappa shape index (κ1) is 12.2. The zero-order valence-electron chi connectivity index (χ0n) is 11.5. The standard InChI is InChI=1S/C17H19NO2/c1-2-5-13-12(4-1)10-19-11-16(13)18-15-6-3-7-17-14(15)8-9-20-17/h1-2,4-5,8-9,15-16,18H,3,6-7,10-11H2. The molecule has 3 nitrogen and oxygen atoms in total. The van der Waals surface area contributed by atoms with Crippen molar-refractivity contribution in [3.05, 3.63) is 59.0 Å². The molecule has 1 N–H and O–H groups in total. The highest BCUT2D eigenvalue weighted by atomic mass is 16.5. The molecule has 2 aliphatic rings. The van der Waals surface area contributed by atoms with Crippen LogP contribution in [0.1, 0.15) is 47.4 Å². The molecule has 4 rings (SSSR count). The van der Waals surface area contributed by atoms with Crippen LogP contribution in [0.2, 0.25) is 0 Å². The van der Waals surface area contributed by atoms with Crippen molar-refractivity contribution in [2.75, 3.05) is 6.61 Å². The van der Waals surface area contributed by atoms with E-state index in [1.807, 2.05) is 6.26 Å². The molecule has 2 heterocycles. The minimum Gasteiger partial charge on any atom is -0.469 e. The first-order valence-corrected chi connectivity index (χ1v) is 7.39. The maximum atomic E-state index is 5.73. The Labute approximate surface area is 118 Å². The smallest absolute Gasteiger partial charge is 0.108 e. The maximum Gasteiger partial charge on any atom is 0.108 e. The molecule has 0 amide bonds. The summed E-state index contributed by atoms with van der Waals surface area (Å²) in [6.45, 7) is 1.48. The first-order valence-electron chi connectivity index (χ1n) is 7.39. The van der Waals surface area contributed by atoms with Gasteiger partial charge >= 0.3 is 0 Å². The first-order chi connectivity index (χ1) is 9.92. The Hall–Kier alpha value is -1.58. The van der Waals surface area contributed by atoms with E-state index in [4.69, 9.17) is 9.15 Å². The largest absolute Gasteiger partial charge is 0.469 e. The fourth-order valence-corrected chi connectivity index (χ4v) is 3.42. The molecule has 104 valence electrons. The summed E-state index contributed by atoms with van der Waals surface area (Å²) in [6, 6.07) is 11.4. The van der Waals surface area contributed by atoms with E-state index in [-0.39, 0.29) is 6.04 Å². The Morgan fingerprint density at radius 3 is 3.00 bits per heavy atom. The average Bonchev–Trinajstić information content (AvgIpc) is 2.97. The van der Waals surface area contributed by atoms with Crippen molar-refractivity contribution in [1.29, 1.82) is 0 Å². The minimum absolute atomic E-state index is 0.283. The SMILES string of the molecule is c1ccc2c(c1)COCC2NC1CCCc2occc21. The van der Waals surface area contributed by atoms with E-state index in [0.29, 0.717) is 6.04 Å². The number of hydrogen-bond donors (Lipinski definition) is 1. The minimum atomic E-state index is 0.283. The Bertz CT molecular complexity index is 605. The summed E-state index contributed by atoms with van der Waals surface area (Å²) in [5, 5.41) is 3.77. The van der Waals surface area contributed by atoms with Crippen molar-refractivity contribution in [3.8, 4) is 0 Å². The summed E-state index contributed by atoms with van der Waals surface area (Å²) in [5.41, 5.74) is 4.02. The lowest BCUT2D eigenvalue weighted by Crippen LogP contribution is -2.34. The molecule has 0 radical (unpaired) electrons. The van der Waals surface area contributed by atoms with Gasteiger partial charge in [0.15, 0.2) is 0 Å². The zero-order valence-corrected chi connectivity index (χ0v) is 11.5. The lowest BCUT2D eigenvalue weighted by atomic mass is 9.91. The van der Waals surface area contributed by atoms with Gasteiger partial charge in [0.1, 0.15) is 5.76 Å². The summed E-state index contributed by atoms with van der Waals surface area (Å²) in [4.78, 5) is 0. The highest BCUT2D eigenvalue weighted by molar-refractivity contribution is 5.32. The number of fused-ring (bicyclic) bond motifs is 2. The molecule has 1 aromatic heterocycles. The van der Waals surface area contributed by atoms with E-state index in [2.05, 4.69) is 35.6 Å². The van der Waals surface area contributed by atoms with Crippen LogP contribution < -0.4 is 5.32 Å². The number of benzene rings is 1. The van der Waals surface area contributed by atoms with Crippen LogP contribution in [0.15, 0.2) is 41.0 Å². The van der Waals surface area contributed by atoms with Crippen LogP contribution in [-0.2, 0) is 17.8 Å². The summed E-state index contributed by atoms with van der Waals surface area (Å²) in [5.74, 6) is 1.15. The quantitative estimate of drug-likeness (QED) is 0.905. The number of nitrogens with one attached hydrogen (secondary N) is 1. The maximum absolute atomic E-state index is 5.73. The fraction of sp³-hybridized carbons (Fsp3) is 0.412. The highest BCUT2D eigenvalue weighted by Gasteiger charge is 2.27. The van der Waals surface area contributed by atoms with Crippen LogP contribution in [0.3, 0.4) is 0 Å². The summed E-state index contributed by atoms with van der Waals surface area (Å²) in [6.07, 6.45) is 5.24. The van der Waals surface area contributed by atoms with E-state index in [0.717, 1.165) is 25.4 Å². The number of aryl methyl sites for hydroxylation is 1. The van der Waals surface area contributed by atoms with E-state index in [1.165, 1.54) is 29.5 Å². The average molecular weight is 269 g/mol. The third kappa shape index (κ3) is 2.07. The second-order valence-electron chi connectivity index (χ2n) is 5.68. The zero-order chi connectivity index (χ0) is 13.4. The fourth-order valence-electron chi connectivity index (χ4n) is 3.42. The van der Waals surface area contributed by atoms with Gasteiger partial charge in [0.05, 0.1) is 25.5 Å². The van der Waals surface area contributed by atoms with Gasteiger partial charge < -0.3 is 14.5 Å². The van der Waals surface area contributed by atoms with Crippen molar-refractivity contribution >= 4 is 0 Å². The van der Waals surface area contributed by atoms with Crippen LogP contribution in [-0.4, -0.2) is 6.61 Å². The third-order valence-corrected chi connectivity index (χ3v) is 4.43. The molecule has 0 saturated carbocycles. The Kier molecular flexibility index (Phi) is 3.09. The van der Waals surface area contributed by atoms with Gasteiger partial charge in [0.2, 0.25) is 0 Å². The molecule has 2 atom stereocenters. The van der Waals surface area contributed by atoms with Crippen LogP contribution in [0.4, 0.5) is 0 Å². The molecule has 0 fully saturated rings. The van der Waals surface area contributed by atoms with Crippen LogP contribution in [0.25, 0.3) is 0 Å². The molecule has 1 aromatic carbocycles. The Morgan fingerprint density at radius 1 is 1.05 bits per heavy atom. The van der Waals surface area contributed by atoms with Crippen LogP contribution in [0.5, 0.6) is 0 Å². The van der Waals surface area contributed by atoms with Crippen molar-refractivity contribution in [3.63, 3.8) is 0 Å². The summed E-state index contributed by atoms with van der Waals surface area (Å²) >= 11 is 0. The van der Waals surface area contributed by atoms with E-state index in [1.54, 1.807) is 0 Å². The molecule has 0 spiro atoms. The molecule has 0 bridgehead atoms. The molecular weight excluding hydrogens is 250 g/mol. The molecule has 20 heavy (non-hydrogen) atoms. The van der Waals surface area contributed by atoms with Crippen molar-refractivity contribution < 1.29 is 9.15 Å². The molecular formula is C17H19NO2. The van der Waals surface area contributed by atoms with Crippen molar-refractivity contribution in [1.82, 2.24) is 5.32 Å². The van der Waals surface area contributed by atoms with Crippen LogP contribution in [0, 0.1) is 0 Å². The van der Waals surface area contributed by atoms with Gasteiger partial charge in [-0.15, -0.1) is 0 Å².